The van der Waals surface area contributed by atoms with Gasteiger partial charge in [-0.25, -0.2) is 9.50 Å². The molecule has 0 bridgehead atoms. The van der Waals surface area contributed by atoms with Gasteiger partial charge in [-0.15, -0.1) is 0 Å². The van der Waals surface area contributed by atoms with Gasteiger partial charge in [-0.1, -0.05) is 42.5 Å². The van der Waals surface area contributed by atoms with Crippen LogP contribution < -0.4 is 4.74 Å². The summed E-state index contributed by atoms with van der Waals surface area (Å²) in [5, 5.41) is 4.78. The predicted molar refractivity (Wildman–Crippen MR) is 112 cm³/mol. The van der Waals surface area contributed by atoms with Crippen molar-refractivity contribution >= 4 is 11.4 Å². The molecule has 2 aromatic carbocycles. The Hall–Kier alpha value is -3.47. The highest BCUT2D eigenvalue weighted by Crippen LogP contribution is 2.35. The average Bonchev–Trinajstić information content (AvgIpc) is 3.10. The molecule has 0 fully saturated rings. The number of aromatic nitrogens is 3. The predicted octanol–water partition coefficient (Wildman–Crippen LogP) is 4.63. The lowest BCUT2D eigenvalue weighted by molar-refractivity contribution is 0.0962. The van der Waals surface area contributed by atoms with Crippen LogP contribution in [0.5, 0.6) is 5.75 Å². The summed E-state index contributed by atoms with van der Waals surface area (Å²) in [6.07, 6.45) is 3.01. The molecule has 0 saturated carbocycles. The normalized spacial score (nSPS) is 16.1. The Morgan fingerprint density at radius 3 is 2.52 bits per heavy atom. The second-order valence-electron chi connectivity index (χ2n) is 7.48. The first-order chi connectivity index (χ1) is 14.2. The largest absolute Gasteiger partial charge is 0.497 e. The Morgan fingerprint density at radius 1 is 1.03 bits per heavy atom. The number of benzene rings is 2. The summed E-state index contributed by atoms with van der Waals surface area (Å²) in [5.74, 6) is 1.11. The van der Waals surface area contributed by atoms with Gasteiger partial charge in [-0.2, -0.15) is 5.10 Å². The highest BCUT2D eigenvalue weighted by Gasteiger charge is 2.30. The van der Waals surface area contributed by atoms with Gasteiger partial charge < -0.3 is 4.74 Å². The first-order valence-corrected chi connectivity index (χ1v) is 9.75. The summed E-state index contributed by atoms with van der Waals surface area (Å²) in [6.45, 7) is 1.99. The summed E-state index contributed by atoms with van der Waals surface area (Å²) in [5.41, 5.74) is 6.53. The van der Waals surface area contributed by atoms with Gasteiger partial charge in [0, 0.05) is 18.2 Å². The zero-order valence-electron chi connectivity index (χ0n) is 16.4. The number of ether oxygens (including phenoxy) is 1. The number of rotatable bonds is 3. The average molecular weight is 383 g/mol. The Kier molecular flexibility index (Phi) is 4.16. The summed E-state index contributed by atoms with van der Waals surface area (Å²) >= 11 is 0. The van der Waals surface area contributed by atoms with Crippen LogP contribution in [-0.2, 0) is 6.42 Å². The van der Waals surface area contributed by atoms with E-state index in [1.165, 1.54) is 5.56 Å². The third-order valence-electron chi connectivity index (χ3n) is 5.74. The van der Waals surface area contributed by atoms with Gasteiger partial charge >= 0.3 is 0 Å². The number of hydrogen-bond donors (Lipinski definition) is 0. The van der Waals surface area contributed by atoms with Crippen LogP contribution in [-0.4, -0.2) is 27.5 Å². The zero-order chi connectivity index (χ0) is 20.0. The van der Waals surface area contributed by atoms with Crippen LogP contribution in [0, 0.1) is 6.92 Å². The highest BCUT2D eigenvalue weighted by molar-refractivity contribution is 5.99. The first kappa shape index (κ1) is 17.6. The molecule has 1 aliphatic carbocycles. The minimum absolute atomic E-state index is 0.133. The van der Waals surface area contributed by atoms with Crippen molar-refractivity contribution in [2.45, 2.75) is 25.7 Å². The van der Waals surface area contributed by atoms with Crippen LogP contribution >= 0.6 is 0 Å². The summed E-state index contributed by atoms with van der Waals surface area (Å²) in [6, 6.07) is 18.1. The van der Waals surface area contributed by atoms with E-state index in [1.54, 1.807) is 13.3 Å². The van der Waals surface area contributed by atoms with Crippen LogP contribution in [0.15, 0.2) is 60.8 Å². The molecule has 0 radical (unpaired) electrons. The van der Waals surface area contributed by atoms with E-state index in [4.69, 9.17) is 9.84 Å². The fourth-order valence-corrected chi connectivity index (χ4v) is 4.26. The van der Waals surface area contributed by atoms with E-state index in [0.717, 1.165) is 40.3 Å². The molecule has 29 heavy (non-hydrogen) atoms. The molecule has 2 aromatic heterocycles. The minimum atomic E-state index is 0.133. The van der Waals surface area contributed by atoms with Crippen molar-refractivity contribution in [2.75, 3.05) is 7.11 Å². The molecule has 0 aliphatic heterocycles. The molecule has 5 rings (SSSR count). The maximum Gasteiger partial charge on any atom is 0.166 e. The number of methoxy groups -OCH3 is 1. The van der Waals surface area contributed by atoms with Gasteiger partial charge in [0.25, 0.3) is 0 Å². The van der Waals surface area contributed by atoms with Gasteiger partial charge in [0.1, 0.15) is 5.75 Å². The second-order valence-corrected chi connectivity index (χ2v) is 7.48. The minimum Gasteiger partial charge on any atom is -0.497 e. The summed E-state index contributed by atoms with van der Waals surface area (Å²) in [7, 11) is 1.66. The maximum atomic E-state index is 12.9. The van der Waals surface area contributed by atoms with Gasteiger partial charge in [-0.3, -0.25) is 4.79 Å². The Labute approximate surface area is 169 Å². The van der Waals surface area contributed by atoms with Gasteiger partial charge in [0.15, 0.2) is 11.4 Å². The fraction of sp³-hybridized carbons (Fsp3) is 0.208. The SMILES string of the molecule is COc1ccc(-c2c(C)nn3c4c(cnc23)C(=O)C[C@@H](c2ccccc2)C4)cc1. The molecule has 5 nitrogen and oxygen atoms in total. The van der Waals surface area contributed by atoms with E-state index < -0.39 is 0 Å². The van der Waals surface area contributed by atoms with Crippen molar-refractivity contribution < 1.29 is 9.53 Å². The standard InChI is InChI=1S/C24H21N3O2/c1-15-23(17-8-10-19(29-2)11-9-17)24-25-14-20-21(27(24)26-15)12-18(13-22(20)28)16-6-4-3-5-7-16/h3-11,14,18H,12-13H2,1-2H3/t18-/m0/s1. The first-order valence-electron chi connectivity index (χ1n) is 9.75. The molecule has 1 atom stereocenters. The maximum absolute atomic E-state index is 12.9. The quantitative estimate of drug-likeness (QED) is 0.518. The molecular formula is C24H21N3O2. The van der Waals surface area contributed by atoms with Crippen LogP contribution in [0.4, 0.5) is 0 Å². The van der Waals surface area contributed by atoms with E-state index in [1.807, 2.05) is 53.9 Å². The lowest BCUT2D eigenvalue weighted by Gasteiger charge is -2.24. The molecule has 5 heteroatoms. The number of carbonyl (C=O) groups excluding carboxylic acids is 1. The molecule has 0 amide bonds. The lowest BCUT2D eigenvalue weighted by atomic mass is 9.82. The second kappa shape index (κ2) is 6.85. The molecule has 0 saturated heterocycles. The molecule has 2 heterocycles. The third kappa shape index (κ3) is 2.90. The van der Waals surface area contributed by atoms with E-state index >= 15 is 0 Å². The molecule has 0 spiro atoms. The number of carbonyl (C=O) groups is 1. The lowest BCUT2D eigenvalue weighted by Crippen LogP contribution is -2.22. The highest BCUT2D eigenvalue weighted by atomic mass is 16.5. The number of hydrogen-bond acceptors (Lipinski definition) is 4. The Bertz CT molecular complexity index is 1210. The van der Waals surface area contributed by atoms with Crippen LogP contribution in [0.2, 0.25) is 0 Å². The zero-order valence-corrected chi connectivity index (χ0v) is 16.4. The Balaban J connectivity index is 1.64. The summed E-state index contributed by atoms with van der Waals surface area (Å²) in [4.78, 5) is 17.5. The van der Waals surface area contributed by atoms with Gasteiger partial charge in [0.2, 0.25) is 0 Å². The fourth-order valence-electron chi connectivity index (χ4n) is 4.26. The molecule has 1 aliphatic rings. The van der Waals surface area contributed by atoms with E-state index in [0.29, 0.717) is 12.0 Å². The van der Waals surface area contributed by atoms with E-state index in [9.17, 15) is 4.79 Å². The monoisotopic (exact) mass is 383 g/mol. The van der Waals surface area contributed by atoms with E-state index in [-0.39, 0.29) is 11.7 Å². The molecular weight excluding hydrogens is 362 g/mol. The molecule has 144 valence electrons. The number of nitrogens with zero attached hydrogens (tertiary/aromatic N) is 3. The van der Waals surface area contributed by atoms with Crippen LogP contribution in [0.25, 0.3) is 16.8 Å². The smallest absolute Gasteiger partial charge is 0.166 e. The van der Waals surface area contributed by atoms with Crippen molar-refractivity contribution in [1.82, 2.24) is 14.6 Å². The Morgan fingerprint density at radius 2 is 1.79 bits per heavy atom. The number of Topliss-reactive ketones (excluding diaryl/α,β-unsaturated/α-hetero) is 1. The molecule has 0 N–H and O–H groups in total. The van der Waals surface area contributed by atoms with Crippen LogP contribution in [0.3, 0.4) is 0 Å². The number of ketones is 1. The van der Waals surface area contributed by atoms with Gasteiger partial charge in [0.05, 0.1) is 24.1 Å². The summed E-state index contributed by atoms with van der Waals surface area (Å²) < 4.78 is 7.14. The molecule has 0 unspecified atom stereocenters. The van der Waals surface area contributed by atoms with Gasteiger partial charge in [-0.05, 0) is 42.5 Å². The van der Waals surface area contributed by atoms with Crippen molar-refractivity contribution in [3.63, 3.8) is 0 Å². The van der Waals surface area contributed by atoms with E-state index in [2.05, 4.69) is 17.1 Å². The third-order valence-corrected chi connectivity index (χ3v) is 5.74. The topological polar surface area (TPSA) is 56.5 Å². The van der Waals surface area contributed by atoms with Crippen molar-refractivity contribution in [3.05, 3.63) is 83.3 Å². The number of aryl methyl sites for hydroxylation is 1. The van der Waals surface area contributed by atoms with Crippen molar-refractivity contribution in [3.8, 4) is 16.9 Å². The van der Waals surface area contributed by atoms with Crippen molar-refractivity contribution in [2.24, 2.45) is 0 Å². The number of fused-ring (bicyclic) bond motifs is 3. The molecule has 4 aromatic rings. The van der Waals surface area contributed by atoms with Crippen LogP contribution in [0.1, 0.15) is 39.6 Å². The van der Waals surface area contributed by atoms with Crippen molar-refractivity contribution in [1.29, 1.82) is 0 Å².